The molecule has 126 valence electrons. The van der Waals surface area contributed by atoms with Crippen LogP contribution in [0.3, 0.4) is 0 Å². The van der Waals surface area contributed by atoms with E-state index in [1.165, 1.54) is 51.4 Å². The van der Waals surface area contributed by atoms with E-state index in [1.54, 1.807) is 11.1 Å². The topological polar surface area (TPSA) is 0 Å². The summed E-state index contributed by atoms with van der Waals surface area (Å²) < 4.78 is 0.896. The van der Waals surface area contributed by atoms with E-state index in [-0.39, 0.29) is 0 Å². The van der Waals surface area contributed by atoms with E-state index in [1.807, 2.05) is 0 Å². The molecule has 1 heteroatoms. The molecule has 0 aromatic heterocycles. The molecule has 0 N–H and O–H groups in total. The molecule has 0 amide bonds. The summed E-state index contributed by atoms with van der Waals surface area (Å²) in [6, 6.07) is 0. The van der Waals surface area contributed by atoms with Gasteiger partial charge in [-0.15, -0.1) is 0 Å². The van der Waals surface area contributed by atoms with E-state index in [4.69, 9.17) is 0 Å². The Balaban J connectivity index is 2.12. The van der Waals surface area contributed by atoms with Crippen LogP contribution in [0, 0.1) is 0 Å². The summed E-state index contributed by atoms with van der Waals surface area (Å²) in [5.74, 6) is 0. The SMILES string of the molecule is CCCCC1=C[C](CC)([Zr][C]2(CC)C=CC(CCCC)=C2)C=C1. The van der Waals surface area contributed by atoms with Gasteiger partial charge in [0, 0.05) is 0 Å². The molecule has 0 saturated carbocycles. The van der Waals surface area contributed by atoms with Crippen LogP contribution in [0.15, 0.2) is 47.6 Å². The molecule has 0 radical (unpaired) electrons. The molecule has 0 aromatic carbocycles. The van der Waals surface area contributed by atoms with Crippen molar-refractivity contribution >= 4 is 0 Å². The van der Waals surface area contributed by atoms with Gasteiger partial charge in [-0.05, 0) is 0 Å². The van der Waals surface area contributed by atoms with Gasteiger partial charge in [-0.2, -0.15) is 0 Å². The van der Waals surface area contributed by atoms with Crippen LogP contribution >= 0.6 is 0 Å². The zero-order valence-corrected chi connectivity index (χ0v) is 18.1. The Hall–Kier alpha value is -0.157. The standard InChI is InChI=1S/2C11H17.Zr/c2*1-3-5-6-11-8-7-10(4-2)9-11;/h2*7-9H,3-6H2,1-2H3;. The Bertz CT molecular complexity index is 462. The first-order valence-electron chi connectivity index (χ1n) is 9.72. The molecule has 0 saturated heterocycles. The predicted molar refractivity (Wildman–Crippen MR) is 99.5 cm³/mol. The van der Waals surface area contributed by atoms with Gasteiger partial charge in [-0.1, -0.05) is 0 Å². The van der Waals surface area contributed by atoms with Crippen LogP contribution in [0.5, 0.6) is 0 Å². The normalized spacial score (nSPS) is 29.0. The summed E-state index contributed by atoms with van der Waals surface area (Å²) in [7, 11) is 0. The molecule has 2 rings (SSSR count). The van der Waals surface area contributed by atoms with Crippen molar-refractivity contribution in [3.8, 4) is 0 Å². The average molecular weight is 390 g/mol. The van der Waals surface area contributed by atoms with Crippen LogP contribution in [-0.4, -0.2) is 0 Å². The van der Waals surface area contributed by atoms with Crippen molar-refractivity contribution in [2.24, 2.45) is 0 Å². The van der Waals surface area contributed by atoms with Gasteiger partial charge in [0.1, 0.15) is 0 Å². The Kier molecular flexibility index (Phi) is 7.33. The Morgan fingerprint density at radius 3 is 1.52 bits per heavy atom. The first-order valence-corrected chi connectivity index (χ1v) is 12.2. The molecule has 0 heterocycles. The number of hydrogen-bond acceptors (Lipinski definition) is 0. The second-order valence-corrected chi connectivity index (χ2v) is 12.4. The number of hydrogen-bond donors (Lipinski definition) is 0. The van der Waals surface area contributed by atoms with Crippen LogP contribution in [0.2, 0.25) is 6.25 Å². The van der Waals surface area contributed by atoms with E-state index in [9.17, 15) is 0 Å². The molecular formula is C22H34Zr. The predicted octanol–water partition coefficient (Wildman–Crippen LogP) is 7.58. The first-order chi connectivity index (χ1) is 11.1. The van der Waals surface area contributed by atoms with E-state index >= 15 is 0 Å². The van der Waals surface area contributed by atoms with Crippen molar-refractivity contribution < 1.29 is 23.2 Å². The molecule has 0 bridgehead atoms. The fraction of sp³-hybridized carbons (Fsp3) is 0.636. The zero-order chi connectivity index (χ0) is 16.8. The molecule has 2 aliphatic rings. The molecule has 0 spiro atoms. The van der Waals surface area contributed by atoms with Crippen LogP contribution in [-0.2, 0) is 23.2 Å². The van der Waals surface area contributed by atoms with E-state index in [0.717, 1.165) is 0 Å². The Morgan fingerprint density at radius 1 is 0.739 bits per heavy atom. The van der Waals surface area contributed by atoms with Gasteiger partial charge in [0.25, 0.3) is 0 Å². The van der Waals surface area contributed by atoms with Gasteiger partial charge in [-0.25, -0.2) is 0 Å². The molecule has 0 fully saturated rings. The summed E-state index contributed by atoms with van der Waals surface area (Å²) in [5, 5.41) is 0. The van der Waals surface area contributed by atoms with Crippen LogP contribution in [0.25, 0.3) is 0 Å². The van der Waals surface area contributed by atoms with Gasteiger partial charge in [-0.3, -0.25) is 0 Å². The van der Waals surface area contributed by atoms with Crippen molar-refractivity contribution in [3.63, 3.8) is 0 Å². The monoisotopic (exact) mass is 388 g/mol. The fourth-order valence-electron chi connectivity index (χ4n) is 3.64. The third-order valence-electron chi connectivity index (χ3n) is 5.35. The van der Waals surface area contributed by atoms with E-state index in [0.29, 0.717) is 6.25 Å². The Morgan fingerprint density at radius 2 is 1.17 bits per heavy atom. The molecule has 2 unspecified atom stereocenters. The maximum absolute atomic E-state index is 2.66. The van der Waals surface area contributed by atoms with Crippen molar-refractivity contribution in [1.82, 2.24) is 0 Å². The minimum absolute atomic E-state index is 0.448. The second kappa shape index (κ2) is 8.80. The third kappa shape index (κ3) is 4.91. The van der Waals surface area contributed by atoms with Crippen molar-refractivity contribution in [3.05, 3.63) is 47.6 Å². The summed E-state index contributed by atoms with van der Waals surface area (Å²) in [5.41, 5.74) is 3.22. The third-order valence-corrected chi connectivity index (χ3v) is 10.9. The molecule has 23 heavy (non-hydrogen) atoms. The number of allylic oxidation sites excluding steroid dienone is 8. The summed E-state index contributed by atoms with van der Waals surface area (Å²) in [6.07, 6.45) is 25.8. The summed E-state index contributed by atoms with van der Waals surface area (Å²) >= 11 is -0.628. The molecule has 2 aliphatic carbocycles. The zero-order valence-electron chi connectivity index (χ0n) is 15.6. The Labute approximate surface area is 155 Å². The van der Waals surface area contributed by atoms with Gasteiger partial charge in [0.05, 0.1) is 0 Å². The molecule has 2 atom stereocenters. The molecule has 0 nitrogen and oxygen atoms in total. The number of rotatable bonds is 10. The number of unbranched alkanes of at least 4 members (excludes halogenated alkanes) is 2. The van der Waals surface area contributed by atoms with Gasteiger partial charge >= 0.3 is 156 Å². The molecular weight excluding hydrogens is 355 g/mol. The van der Waals surface area contributed by atoms with Crippen molar-refractivity contribution in [2.75, 3.05) is 0 Å². The van der Waals surface area contributed by atoms with Crippen molar-refractivity contribution in [1.29, 1.82) is 0 Å². The van der Waals surface area contributed by atoms with Crippen LogP contribution in [0.1, 0.15) is 79.1 Å². The summed E-state index contributed by atoms with van der Waals surface area (Å²) in [4.78, 5) is 0. The molecule has 0 aromatic rings. The average Bonchev–Trinajstić information content (AvgIpc) is 3.17. The van der Waals surface area contributed by atoms with E-state index in [2.05, 4.69) is 64.2 Å². The quantitative estimate of drug-likeness (QED) is 0.361. The fourth-order valence-corrected chi connectivity index (χ4v) is 8.73. The van der Waals surface area contributed by atoms with Gasteiger partial charge in [0.2, 0.25) is 0 Å². The van der Waals surface area contributed by atoms with Crippen molar-refractivity contribution in [2.45, 2.75) is 85.3 Å². The van der Waals surface area contributed by atoms with Crippen LogP contribution < -0.4 is 0 Å². The van der Waals surface area contributed by atoms with Gasteiger partial charge < -0.3 is 0 Å². The first kappa shape index (κ1) is 19.2. The van der Waals surface area contributed by atoms with E-state index < -0.39 is 23.2 Å². The van der Waals surface area contributed by atoms with Gasteiger partial charge in [0.15, 0.2) is 0 Å². The maximum atomic E-state index is 2.66. The molecule has 0 aliphatic heterocycles. The second-order valence-electron chi connectivity index (χ2n) is 7.23. The van der Waals surface area contributed by atoms with Crippen LogP contribution in [0.4, 0.5) is 0 Å². The minimum atomic E-state index is -0.628. The summed E-state index contributed by atoms with van der Waals surface area (Å²) in [6.45, 7) is 9.38.